The highest BCUT2D eigenvalue weighted by molar-refractivity contribution is 5.88. The van der Waals surface area contributed by atoms with Crippen molar-refractivity contribution in [2.45, 2.75) is 19.4 Å². The molecule has 15 heavy (non-hydrogen) atoms. The van der Waals surface area contributed by atoms with Crippen LogP contribution < -0.4 is 11.1 Å². The molecule has 0 aliphatic carbocycles. The van der Waals surface area contributed by atoms with E-state index < -0.39 is 6.04 Å². The number of amides is 1. The van der Waals surface area contributed by atoms with Crippen molar-refractivity contribution in [1.29, 1.82) is 0 Å². The Morgan fingerprint density at radius 1 is 1.47 bits per heavy atom. The fourth-order valence-electron chi connectivity index (χ4n) is 1.25. The van der Waals surface area contributed by atoms with E-state index >= 15 is 0 Å². The van der Waals surface area contributed by atoms with E-state index in [9.17, 15) is 9.59 Å². The molecule has 0 aliphatic rings. The molecule has 0 aliphatic heterocycles. The van der Waals surface area contributed by atoms with Crippen LogP contribution in [-0.2, 0) is 16.0 Å². The minimum absolute atomic E-state index is 0.104. The zero-order valence-electron chi connectivity index (χ0n) is 8.57. The molecule has 0 radical (unpaired) electrons. The first-order valence-electron chi connectivity index (χ1n) is 4.69. The normalized spacial score (nSPS) is 11.9. The molecule has 0 saturated carbocycles. The van der Waals surface area contributed by atoms with Crippen molar-refractivity contribution in [2.75, 3.05) is 5.32 Å². The molecule has 0 spiro atoms. The number of benzene rings is 1. The lowest BCUT2D eigenvalue weighted by molar-refractivity contribution is -0.114. The highest BCUT2D eigenvalue weighted by Gasteiger charge is 2.02. The second-order valence-electron chi connectivity index (χ2n) is 3.38. The van der Waals surface area contributed by atoms with Gasteiger partial charge in [-0.15, -0.1) is 0 Å². The maximum absolute atomic E-state index is 10.7. The number of nitrogens with two attached hydrogens (primary N) is 1. The molecule has 0 fully saturated rings. The minimum Gasteiger partial charge on any atom is -0.326 e. The number of carbonyl (C=O) groups is 2. The first-order valence-corrected chi connectivity index (χ1v) is 4.69. The molecule has 0 aromatic heterocycles. The van der Waals surface area contributed by atoms with Crippen LogP contribution in [0.15, 0.2) is 24.3 Å². The van der Waals surface area contributed by atoms with Crippen molar-refractivity contribution < 1.29 is 9.59 Å². The lowest BCUT2D eigenvalue weighted by Gasteiger charge is -2.06. The van der Waals surface area contributed by atoms with Gasteiger partial charge in [-0.05, 0) is 24.1 Å². The van der Waals surface area contributed by atoms with Gasteiger partial charge in [0.05, 0.1) is 6.04 Å². The number of rotatable bonds is 4. The monoisotopic (exact) mass is 206 g/mol. The Morgan fingerprint density at radius 2 is 2.07 bits per heavy atom. The Labute approximate surface area is 88.5 Å². The van der Waals surface area contributed by atoms with E-state index in [4.69, 9.17) is 5.73 Å². The predicted molar refractivity (Wildman–Crippen MR) is 58.5 cm³/mol. The highest BCUT2D eigenvalue weighted by Crippen LogP contribution is 2.10. The summed E-state index contributed by atoms with van der Waals surface area (Å²) in [5, 5.41) is 2.66. The van der Waals surface area contributed by atoms with Crippen molar-refractivity contribution in [3.8, 4) is 0 Å². The third kappa shape index (κ3) is 3.91. The maximum atomic E-state index is 10.7. The SMILES string of the molecule is CC(=O)Nc1ccc(C[C@@H](N)C=O)cc1. The van der Waals surface area contributed by atoms with Gasteiger partial charge in [-0.25, -0.2) is 0 Å². The molecule has 1 aromatic rings. The van der Waals surface area contributed by atoms with Crippen LogP contribution >= 0.6 is 0 Å². The van der Waals surface area contributed by atoms with Gasteiger partial charge in [0.25, 0.3) is 0 Å². The summed E-state index contributed by atoms with van der Waals surface area (Å²) in [5.74, 6) is -0.104. The number of aldehydes is 1. The fourth-order valence-corrected chi connectivity index (χ4v) is 1.25. The van der Waals surface area contributed by atoms with Crippen LogP contribution in [-0.4, -0.2) is 18.2 Å². The van der Waals surface area contributed by atoms with E-state index in [0.717, 1.165) is 17.5 Å². The molecule has 0 heterocycles. The molecular formula is C11H14N2O2. The van der Waals surface area contributed by atoms with Crippen molar-refractivity contribution in [2.24, 2.45) is 5.73 Å². The van der Waals surface area contributed by atoms with Crippen LogP contribution in [0.25, 0.3) is 0 Å². The molecule has 3 N–H and O–H groups in total. The lowest BCUT2D eigenvalue weighted by Crippen LogP contribution is -2.23. The third-order valence-corrected chi connectivity index (χ3v) is 1.92. The molecule has 1 aromatic carbocycles. The summed E-state index contributed by atoms with van der Waals surface area (Å²) >= 11 is 0. The Morgan fingerprint density at radius 3 is 2.53 bits per heavy atom. The van der Waals surface area contributed by atoms with Gasteiger partial charge in [0.15, 0.2) is 0 Å². The lowest BCUT2D eigenvalue weighted by atomic mass is 10.1. The number of hydrogen-bond donors (Lipinski definition) is 2. The average Bonchev–Trinajstić information content (AvgIpc) is 2.20. The summed E-state index contributed by atoms with van der Waals surface area (Å²) in [7, 11) is 0. The Balaban J connectivity index is 2.63. The molecule has 4 heteroatoms. The van der Waals surface area contributed by atoms with Crippen molar-refractivity contribution in [3.05, 3.63) is 29.8 Å². The zero-order valence-corrected chi connectivity index (χ0v) is 8.57. The number of carbonyl (C=O) groups excluding carboxylic acids is 2. The van der Waals surface area contributed by atoms with Gasteiger partial charge in [0.1, 0.15) is 6.29 Å². The molecule has 1 atom stereocenters. The van der Waals surface area contributed by atoms with Gasteiger partial charge in [0, 0.05) is 12.6 Å². The smallest absolute Gasteiger partial charge is 0.221 e. The van der Waals surface area contributed by atoms with Gasteiger partial charge in [-0.2, -0.15) is 0 Å². The van der Waals surface area contributed by atoms with Crippen LogP contribution in [0.3, 0.4) is 0 Å². The van der Waals surface area contributed by atoms with Gasteiger partial charge >= 0.3 is 0 Å². The summed E-state index contributed by atoms with van der Waals surface area (Å²) in [6.07, 6.45) is 1.24. The van der Waals surface area contributed by atoms with E-state index in [0.29, 0.717) is 6.42 Å². The Bertz CT molecular complexity index is 346. The van der Waals surface area contributed by atoms with Gasteiger partial charge in [-0.3, -0.25) is 4.79 Å². The minimum atomic E-state index is -0.461. The van der Waals surface area contributed by atoms with Gasteiger partial charge in [-0.1, -0.05) is 12.1 Å². The second-order valence-corrected chi connectivity index (χ2v) is 3.38. The molecule has 0 unspecified atom stereocenters. The third-order valence-electron chi connectivity index (χ3n) is 1.92. The molecule has 0 saturated heterocycles. The largest absolute Gasteiger partial charge is 0.326 e. The zero-order chi connectivity index (χ0) is 11.3. The standard InChI is InChI=1S/C11H14N2O2/c1-8(15)13-11-4-2-9(3-5-11)6-10(12)7-14/h2-5,7,10H,6,12H2,1H3,(H,13,15)/t10-/m1/s1. The van der Waals surface area contributed by atoms with Crippen LogP contribution in [0.2, 0.25) is 0 Å². The summed E-state index contributed by atoms with van der Waals surface area (Å²) in [6, 6.07) is 6.79. The molecule has 1 rings (SSSR count). The van der Waals surface area contributed by atoms with Crippen LogP contribution in [0.4, 0.5) is 5.69 Å². The Kier molecular flexibility index (Phi) is 4.00. The number of nitrogens with one attached hydrogen (secondary N) is 1. The summed E-state index contributed by atoms with van der Waals surface area (Å²) < 4.78 is 0. The second kappa shape index (κ2) is 5.26. The number of hydrogen-bond acceptors (Lipinski definition) is 3. The van der Waals surface area contributed by atoms with Crippen molar-refractivity contribution in [1.82, 2.24) is 0 Å². The topological polar surface area (TPSA) is 72.2 Å². The van der Waals surface area contributed by atoms with Crippen molar-refractivity contribution >= 4 is 17.9 Å². The first-order chi connectivity index (χ1) is 7.11. The molecule has 80 valence electrons. The average molecular weight is 206 g/mol. The van der Waals surface area contributed by atoms with E-state index in [2.05, 4.69) is 5.32 Å². The quantitative estimate of drug-likeness (QED) is 0.713. The predicted octanol–water partition coefficient (Wildman–Crippen LogP) is 0.714. The maximum Gasteiger partial charge on any atom is 0.221 e. The van der Waals surface area contributed by atoms with E-state index in [1.165, 1.54) is 6.92 Å². The van der Waals surface area contributed by atoms with E-state index in [1.807, 2.05) is 12.1 Å². The number of anilines is 1. The van der Waals surface area contributed by atoms with Crippen molar-refractivity contribution in [3.63, 3.8) is 0 Å². The van der Waals surface area contributed by atoms with E-state index in [-0.39, 0.29) is 5.91 Å². The first kappa shape index (κ1) is 11.4. The van der Waals surface area contributed by atoms with Gasteiger partial charge in [0.2, 0.25) is 5.91 Å². The summed E-state index contributed by atoms with van der Waals surface area (Å²) in [5.41, 5.74) is 7.20. The summed E-state index contributed by atoms with van der Waals surface area (Å²) in [4.78, 5) is 21.1. The molecule has 0 bridgehead atoms. The summed E-state index contributed by atoms with van der Waals surface area (Å²) in [6.45, 7) is 1.45. The van der Waals surface area contributed by atoms with Crippen LogP contribution in [0.5, 0.6) is 0 Å². The molecule has 4 nitrogen and oxygen atoms in total. The van der Waals surface area contributed by atoms with Gasteiger partial charge < -0.3 is 15.8 Å². The fraction of sp³-hybridized carbons (Fsp3) is 0.273. The van der Waals surface area contributed by atoms with Crippen LogP contribution in [0.1, 0.15) is 12.5 Å². The Hall–Kier alpha value is -1.68. The molecular weight excluding hydrogens is 192 g/mol. The van der Waals surface area contributed by atoms with Crippen LogP contribution in [0, 0.1) is 0 Å². The molecule has 1 amide bonds. The van der Waals surface area contributed by atoms with E-state index in [1.54, 1.807) is 12.1 Å². The highest BCUT2D eigenvalue weighted by atomic mass is 16.1.